The van der Waals surface area contributed by atoms with Gasteiger partial charge in [0.1, 0.15) is 28.9 Å². The number of para-hydroxylation sites is 1. The van der Waals surface area contributed by atoms with Crippen molar-refractivity contribution in [1.29, 1.82) is 5.26 Å². The van der Waals surface area contributed by atoms with Gasteiger partial charge in [0.05, 0.1) is 12.1 Å². The number of amides is 1. The van der Waals surface area contributed by atoms with Crippen LogP contribution in [-0.2, 0) is 10.4 Å². The van der Waals surface area contributed by atoms with E-state index in [9.17, 15) is 9.90 Å². The fraction of sp³-hybridized carbons (Fsp3) is 0.294. The van der Waals surface area contributed by atoms with Crippen LogP contribution in [0.25, 0.3) is 0 Å². The van der Waals surface area contributed by atoms with Gasteiger partial charge in [0, 0.05) is 0 Å². The summed E-state index contributed by atoms with van der Waals surface area (Å²) in [4.78, 5) is 11.8. The second-order valence-electron chi connectivity index (χ2n) is 5.36. The number of ether oxygens (including phenoxy) is 1. The smallest absolute Gasteiger partial charge is 0.258 e. The monoisotopic (exact) mass is 314 g/mol. The molecule has 2 rings (SSSR count). The van der Waals surface area contributed by atoms with Crippen LogP contribution in [0.4, 0.5) is 0 Å². The minimum atomic E-state index is -1.31. The molecule has 0 bridgehead atoms. The fourth-order valence-electron chi connectivity index (χ4n) is 1.96. The van der Waals surface area contributed by atoms with Crippen LogP contribution in [0.15, 0.2) is 40.8 Å². The van der Waals surface area contributed by atoms with Crippen molar-refractivity contribution < 1.29 is 19.1 Å². The Bertz CT molecular complexity index is 728. The van der Waals surface area contributed by atoms with Crippen LogP contribution in [0.2, 0.25) is 0 Å². The Morgan fingerprint density at radius 3 is 2.78 bits per heavy atom. The number of nitrogens with zero attached hydrogens (tertiary/aromatic N) is 1. The summed E-state index contributed by atoms with van der Waals surface area (Å²) < 4.78 is 10.7. The molecule has 0 aliphatic carbocycles. The van der Waals surface area contributed by atoms with Crippen molar-refractivity contribution in [3.63, 3.8) is 0 Å². The number of carbonyl (C=O) groups excluding carboxylic acids is 1. The lowest BCUT2D eigenvalue weighted by atomic mass is 10.0. The quantitative estimate of drug-likeness (QED) is 0.848. The molecule has 1 atom stereocenters. The van der Waals surface area contributed by atoms with E-state index in [1.54, 1.807) is 50.2 Å². The largest absolute Gasteiger partial charge is 0.482 e. The maximum absolute atomic E-state index is 11.8. The van der Waals surface area contributed by atoms with Crippen molar-refractivity contribution in [3.05, 3.63) is 53.5 Å². The third-order valence-corrected chi connectivity index (χ3v) is 3.27. The SMILES string of the molecule is Cc1ccc(C(C)(O)CNC(=O)COc2ccccc2C#N)o1. The molecule has 6 heteroatoms. The summed E-state index contributed by atoms with van der Waals surface area (Å²) in [5.74, 6) is 1.01. The van der Waals surface area contributed by atoms with Crippen LogP contribution >= 0.6 is 0 Å². The number of aryl methyl sites for hydroxylation is 1. The topological polar surface area (TPSA) is 95.5 Å². The molecule has 1 heterocycles. The van der Waals surface area contributed by atoms with Gasteiger partial charge in [0.25, 0.3) is 5.91 Å². The van der Waals surface area contributed by atoms with Gasteiger partial charge in [-0.3, -0.25) is 4.79 Å². The van der Waals surface area contributed by atoms with Crippen molar-refractivity contribution in [2.24, 2.45) is 0 Å². The predicted molar refractivity (Wildman–Crippen MR) is 82.7 cm³/mol. The molecule has 0 saturated carbocycles. The number of hydrogen-bond acceptors (Lipinski definition) is 5. The predicted octanol–water partition coefficient (Wildman–Crippen LogP) is 1.86. The van der Waals surface area contributed by atoms with Gasteiger partial charge >= 0.3 is 0 Å². The molecule has 1 aromatic carbocycles. The molecule has 0 saturated heterocycles. The Kier molecular flexibility index (Phi) is 5.04. The zero-order valence-electron chi connectivity index (χ0n) is 13.0. The Labute approximate surface area is 134 Å². The Hall–Kier alpha value is -2.78. The van der Waals surface area contributed by atoms with Gasteiger partial charge in [0.15, 0.2) is 6.61 Å². The zero-order chi connectivity index (χ0) is 16.9. The van der Waals surface area contributed by atoms with E-state index in [2.05, 4.69) is 5.32 Å². The lowest BCUT2D eigenvalue weighted by Crippen LogP contribution is -2.40. The van der Waals surface area contributed by atoms with E-state index in [4.69, 9.17) is 14.4 Å². The summed E-state index contributed by atoms with van der Waals surface area (Å²) in [6, 6.07) is 12.1. The number of rotatable bonds is 6. The number of hydrogen-bond donors (Lipinski definition) is 2. The highest BCUT2D eigenvalue weighted by molar-refractivity contribution is 5.77. The van der Waals surface area contributed by atoms with Crippen molar-refractivity contribution in [1.82, 2.24) is 5.32 Å². The van der Waals surface area contributed by atoms with Crippen molar-refractivity contribution in [3.8, 4) is 11.8 Å². The minimum Gasteiger partial charge on any atom is -0.482 e. The first-order chi connectivity index (χ1) is 10.9. The van der Waals surface area contributed by atoms with E-state index in [1.165, 1.54) is 0 Å². The van der Waals surface area contributed by atoms with Crippen LogP contribution in [0.1, 0.15) is 24.0 Å². The van der Waals surface area contributed by atoms with E-state index in [-0.39, 0.29) is 13.2 Å². The van der Waals surface area contributed by atoms with Crippen LogP contribution in [0, 0.1) is 18.3 Å². The highest BCUT2D eigenvalue weighted by Gasteiger charge is 2.27. The molecule has 1 aromatic heterocycles. The second kappa shape index (κ2) is 6.99. The molecule has 1 unspecified atom stereocenters. The first-order valence-corrected chi connectivity index (χ1v) is 7.10. The molecule has 2 aromatic rings. The maximum atomic E-state index is 11.8. The van der Waals surface area contributed by atoms with Gasteiger partial charge in [-0.25, -0.2) is 0 Å². The van der Waals surface area contributed by atoms with Gasteiger partial charge in [0.2, 0.25) is 0 Å². The number of carbonyl (C=O) groups is 1. The average molecular weight is 314 g/mol. The van der Waals surface area contributed by atoms with E-state index in [1.807, 2.05) is 6.07 Å². The van der Waals surface area contributed by atoms with Crippen LogP contribution < -0.4 is 10.1 Å². The molecule has 0 aliphatic rings. The molecule has 23 heavy (non-hydrogen) atoms. The van der Waals surface area contributed by atoms with E-state index >= 15 is 0 Å². The van der Waals surface area contributed by atoms with Gasteiger partial charge in [-0.05, 0) is 38.1 Å². The number of benzene rings is 1. The Morgan fingerprint density at radius 1 is 1.39 bits per heavy atom. The summed E-state index contributed by atoms with van der Waals surface area (Å²) in [6.07, 6.45) is 0. The van der Waals surface area contributed by atoms with E-state index < -0.39 is 11.5 Å². The molecular formula is C17H18N2O4. The highest BCUT2D eigenvalue weighted by atomic mass is 16.5. The first kappa shape index (κ1) is 16.6. The van der Waals surface area contributed by atoms with E-state index in [0.29, 0.717) is 22.8 Å². The molecule has 0 radical (unpaired) electrons. The normalized spacial score (nSPS) is 13.0. The average Bonchev–Trinajstić information content (AvgIpc) is 2.98. The number of furan rings is 1. The van der Waals surface area contributed by atoms with Gasteiger partial charge in [-0.2, -0.15) is 5.26 Å². The fourth-order valence-corrected chi connectivity index (χ4v) is 1.96. The summed E-state index contributed by atoms with van der Waals surface area (Å²) in [5.41, 5.74) is -0.951. The minimum absolute atomic E-state index is 0.0119. The molecule has 0 fully saturated rings. The third kappa shape index (κ3) is 4.34. The standard InChI is InChI=1S/C17H18N2O4/c1-12-7-8-15(23-12)17(2,21)11-19-16(20)10-22-14-6-4-3-5-13(14)9-18/h3-8,21H,10-11H2,1-2H3,(H,19,20). The maximum Gasteiger partial charge on any atom is 0.258 e. The second-order valence-corrected chi connectivity index (χ2v) is 5.36. The Morgan fingerprint density at radius 2 is 2.13 bits per heavy atom. The molecule has 0 spiro atoms. The van der Waals surface area contributed by atoms with Crippen molar-refractivity contribution in [2.75, 3.05) is 13.2 Å². The Balaban J connectivity index is 1.87. The number of nitriles is 1. The summed E-state index contributed by atoms with van der Waals surface area (Å²) in [7, 11) is 0. The van der Waals surface area contributed by atoms with Crippen molar-refractivity contribution >= 4 is 5.91 Å². The van der Waals surface area contributed by atoms with Gasteiger partial charge < -0.3 is 19.6 Å². The molecular weight excluding hydrogens is 296 g/mol. The molecule has 1 amide bonds. The van der Waals surface area contributed by atoms with Crippen molar-refractivity contribution in [2.45, 2.75) is 19.4 Å². The first-order valence-electron chi connectivity index (χ1n) is 7.10. The molecule has 120 valence electrons. The molecule has 6 nitrogen and oxygen atoms in total. The van der Waals surface area contributed by atoms with Crippen LogP contribution in [0.5, 0.6) is 5.75 Å². The zero-order valence-corrected chi connectivity index (χ0v) is 13.0. The summed E-state index contributed by atoms with van der Waals surface area (Å²) in [6.45, 7) is 3.07. The van der Waals surface area contributed by atoms with E-state index in [0.717, 1.165) is 0 Å². The lowest BCUT2D eigenvalue weighted by molar-refractivity contribution is -0.124. The van der Waals surface area contributed by atoms with Gasteiger partial charge in [-0.15, -0.1) is 0 Å². The number of aliphatic hydroxyl groups is 1. The molecule has 0 aliphatic heterocycles. The molecule has 2 N–H and O–H groups in total. The lowest BCUT2D eigenvalue weighted by Gasteiger charge is -2.21. The third-order valence-electron chi connectivity index (χ3n) is 3.27. The van der Waals surface area contributed by atoms with Crippen LogP contribution in [-0.4, -0.2) is 24.2 Å². The van der Waals surface area contributed by atoms with Crippen LogP contribution in [0.3, 0.4) is 0 Å². The summed E-state index contributed by atoms with van der Waals surface area (Å²) in [5, 5.41) is 21.9. The van der Waals surface area contributed by atoms with Gasteiger partial charge in [-0.1, -0.05) is 12.1 Å². The summed E-state index contributed by atoms with van der Waals surface area (Å²) >= 11 is 0. The number of nitrogens with one attached hydrogen (secondary N) is 1. The highest BCUT2D eigenvalue weighted by Crippen LogP contribution is 2.22.